The van der Waals surface area contributed by atoms with Gasteiger partial charge in [-0.05, 0) is 26.7 Å². The van der Waals surface area contributed by atoms with E-state index >= 15 is 0 Å². The van der Waals surface area contributed by atoms with Crippen LogP contribution < -0.4 is 10.2 Å². The number of hydrogen-bond acceptors (Lipinski definition) is 4. The van der Waals surface area contributed by atoms with Gasteiger partial charge >= 0.3 is 0 Å². The van der Waals surface area contributed by atoms with Crippen LogP contribution in [0.15, 0.2) is 12.4 Å². The Labute approximate surface area is 97.1 Å². The minimum atomic E-state index is 0.426. The van der Waals surface area contributed by atoms with E-state index in [4.69, 9.17) is 0 Å². The molecular formula is C12H20N4. The van der Waals surface area contributed by atoms with Crippen LogP contribution >= 0.6 is 0 Å². The molecule has 1 saturated carbocycles. The summed E-state index contributed by atoms with van der Waals surface area (Å²) in [5.41, 5.74) is 1.16. The Morgan fingerprint density at radius 2 is 2.00 bits per heavy atom. The third-order valence-corrected chi connectivity index (χ3v) is 2.95. The second kappa shape index (κ2) is 4.78. The highest BCUT2D eigenvalue weighted by Crippen LogP contribution is 2.19. The molecule has 0 radical (unpaired) electrons. The van der Waals surface area contributed by atoms with Crippen molar-refractivity contribution in [2.75, 3.05) is 11.9 Å². The Hall–Kier alpha value is -1.16. The van der Waals surface area contributed by atoms with Gasteiger partial charge in [0.2, 0.25) is 5.95 Å². The Kier molecular flexibility index (Phi) is 3.39. The van der Waals surface area contributed by atoms with Gasteiger partial charge in [0.1, 0.15) is 0 Å². The minimum Gasteiger partial charge on any atom is -0.341 e. The number of anilines is 1. The molecule has 0 unspecified atom stereocenters. The fourth-order valence-electron chi connectivity index (χ4n) is 1.40. The van der Waals surface area contributed by atoms with Crippen LogP contribution in [0.2, 0.25) is 0 Å². The van der Waals surface area contributed by atoms with Crippen molar-refractivity contribution in [3.05, 3.63) is 18.0 Å². The lowest BCUT2D eigenvalue weighted by molar-refractivity contribution is 0.679. The van der Waals surface area contributed by atoms with E-state index in [2.05, 4.69) is 34.0 Å². The quantitative estimate of drug-likeness (QED) is 0.818. The average molecular weight is 220 g/mol. The van der Waals surface area contributed by atoms with Crippen molar-refractivity contribution in [1.82, 2.24) is 15.3 Å². The van der Waals surface area contributed by atoms with Gasteiger partial charge < -0.3 is 10.2 Å². The summed E-state index contributed by atoms with van der Waals surface area (Å²) < 4.78 is 0. The first-order chi connectivity index (χ1) is 7.66. The van der Waals surface area contributed by atoms with Gasteiger partial charge in [0.05, 0.1) is 0 Å². The topological polar surface area (TPSA) is 41.1 Å². The van der Waals surface area contributed by atoms with Gasteiger partial charge in [-0.15, -0.1) is 0 Å². The van der Waals surface area contributed by atoms with Crippen LogP contribution in [0.3, 0.4) is 0 Å². The van der Waals surface area contributed by atoms with Crippen molar-refractivity contribution >= 4 is 5.95 Å². The van der Waals surface area contributed by atoms with Gasteiger partial charge in [0.15, 0.2) is 0 Å². The second-order valence-electron chi connectivity index (χ2n) is 4.75. The predicted molar refractivity (Wildman–Crippen MR) is 65.4 cm³/mol. The van der Waals surface area contributed by atoms with Crippen LogP contribution in [0.4, 0.5) is 5.95 Å². The maximum atomic E-state index is 4.37. The molecule has 4 nitrogen and oxygen atoms in total. The van der Waals surface area contributed by atoms with Gasteiger partial charge in [-0.25, -0.2) is 9.97 Å². The SMILES string of the molecule is CC(C)N(C)c1ncc(CNC2CC2)cn1. The van der Waals surface area contributed by atoms with Gasteiger partial charge in [-0.2, -0.15) is 0 Å². The van der Waals surface area contributed by atoms with E-state index in [1.165, 1.54) is 12.8 Å². The van der Waals surface area contributed by atoms with Crippen LogP contribution in [0, 0.1) is 0 Å². The van der Waals surface area contributed by atoms with E-state index < -0.39 is 0 Å². The van der Waals surface area contributed by atoms with Crippen LogP contribution in [0.25, 0.3) is 0 Å². The maximum Gasteiger partial charge on any atom is 0.225 e. The third-order valence-electron chi connectivity index (χ3n) is 2.95. The number of hydrogen-bond donors (Lipinski definition) is 1. The molecule has 4 heteroatoms. The molecule has 1 aromatic heterocycles. The van der Waals surface area contributed by atoms with E-state index in [9.17, 15) is 0 Å². The van der Waals surface area contributed by atoms with E-state index in [-0.39, 0.29) is 0 Å². The summed E-state index contributed by atoms with van der Waals surface area (Å²) in [6.45, 7) is 5.15. The Bertz CT molecular complexity index is 329. The van der Waals surface area contributed by atoms with Crippen LogP contribution in [-0.2, 0) is 6.54 Å². The molecule has 0 spiro atoms. The summed E-state index contributed by atoms with van der Waals surface area (Å²) in [5, 5.41) is 3.45. The van der Waals surface area contributed by atoms with Crippen molar-refractivity contribution in [2.24, 2.45) is 0 Å². The summed E-state index contributed by atoms with van der Waals surface area (Å²) in [6, 6.07) is 1.16. The molecule has 0 bridgehead atoms. The number of aromatic nitrogens is 2. The molecule has 1 aliphatic carbocycles. The molecule has 1 fully saturated rings. The Balaban J connectivity index is 1.92. The molecule has 1 heterocycles. The van der Waals surface area contributed by atoms with E-state index in [0.717, 1.165) is 24.1 Å². The summed E-state index contributed by atoms with van der Waals surface area (Å²) in [4.78, 5) is 10.8. The lowest BCUT2D eigenvalue weighted by Gasteiger charge is -2.21. The molecule has 1 N–H and O–H groups in total. The Morgan fingerprint density at radius 3 is 2.50 bits per heavy atom. The first-order valence-electron chi connectivity index (χ1n) is 5.94. The summed E-state index contributed by atoms with van der Waals surface area (Å²) in [5.74, 6) is 0.796. The third kappa shape index (κ3) is 2.92. The van der Waals surface area contributed by atoms with Crippen LogP contribution in [0.1, 0.15) is 32.3 Å². The lowest BCUT2D eigenvalue weighted by Crippen LogP contribution is -2.27. The molecule has 1 aromatic rings. The second-order valence-corrected chi connectivity index (χ2v) is 4.75. The molecular weight excluding hydrogens is 200 g/mol. The molecule has 2 rings (SSSR count). The zero-order valence-corrected chi connectivity index (χ0v) is 10.3. The van der Waals surface area contributed by atoms with Crippen molar-refractivity contribution in [2.45, 2.75) is 45.3 Å². The fraction of sp³-hybridized carbons (Fsp3) is 0.667. The molecule has 16 heavy (non-hydrogen) atoms. The van der Waals surface area contributed by atoms with Crippen molar-refractivity contribution < 1.29 is 0 Å². The number of rotatable bonds is 5. The molecule has 1 aliphatic rings. The average Bonchev–Trinajstić information content (AvgIpc) is 3.10. The highest BCUT2D eigenvalue weighted by atomic mass is 15.2. The zero-order chi connectivity index (χ0) is 11.5. The smallest absolute Gasteiger partial charge is 0.225 e. The van der Waals surface area contributed by atoms with Crippen LogP contribution in [-0.4, -0.2) is 29.1 Å². The van der Waals surface area contributed by atoms with Gasteiger partial charge in [0, 0.05) is 43.6 Å². The first kappa shape index (κ1) is 11.3. The zero-order valence-electron chi connectivity index (χ0n) is 10.3. The molecule has 0 amide bonds. The largest absolute Gasteiger partial charge is 0.341 e. The van der Waals surface area contributed by atoms with E-state index in [1.54, 1.807) is 0 Å². The lowest BCUT2D eigenvalue weighted by atomic mass is 10.3. The minimum absolute atomic E-state index is 0.426. The summed E-state index contributed by atoms with van der Waals surface area (Å²) in [7, 11) is 2.02. The highest BCUT2D eigenvalue weighted by Gasteiger charge is 2.20. The number of nitrogens with one attached hydrogen (secondary N) is 1. The molecule has 0 saturated heterocycles. The predicted octanol–water partition coefficient (Wildman–Crippen LogP) is 1.57. The fourth-order valence-corrected chi connectivity index (χ4v) is 1.40. The molecule has 0 atom stereocenters. The van der Waals surface area contributed by atoms with Crippen molar-refractivity contribution in [3.63, 3.8) is 0 Å². The van der Waals surface area contributed by atoms with Gasteiger partial charge in [-0.1, -0.05) is 0 Å². The first-order valence-corrected chi connectivity index (χ1v) is 5.94. The van der Waals surface area contributed by atoms with Gasteiger partial charge in [0.25, 0.3) is 0 Å². The number of nitrogens with zero attached hydrogens (tertiary/aromatic N) is 3. The summed E-state index contributed by atoms with van der Waals surface area (Å²) >= 11 is 0. The van der Waals surface area contributed by atoms with E-state index in [0.29, 0.717) is 6.04 Å². The molecule has 88 valence electrons. The highest BCUT2D eigenvalue weighted by molar-refractivity contribution is 5.29. The van der Waals surface area contributed by atoms with Crippen molar-refractivity contribution in [3.8, 4) is 0 Å². The monoisotopic (exact) mass is 220 g/mol. The van der Waals surface area contributed by atoms with Gasteiger partial charge in [-0.3, -0.25) is 0 Å². The standard InChI is InChI=1S/C12H20N4/c1-9(2)16(3)12-14-7-10(8-15-12)6-13-11-4-5-11/h7-9,11,13H,4-6H2,1-3H3. The summed E-state index contributed by atoms with van der Waals surface area (Å²) in [6.07, 6.45) is 6.46. The van der Waals surface area contributed by atoms with Crippen molar-refractivity contribution in [1.29, 1.82) is 0 Å². The normalized spacial score (nSPS) is 15.5. The Morgan fingerprint density at radius 1 is 1.38 bits per heavy atom. The maximum absolute atomic E-state index is 4.37. The van der Waals surface area contributed by atoms with Crippen LogP contribution in [0.5, 0.6) is 0 Å². The molecule has 0 aromatic carbocycles. The van der Waals surface area contributed by atoms with E-state index in [1.807, 2.05) is 19.4 Å². The molecule has 0 aliphatic heterocycles.